The van der Waals surface area contributed by atoms with Gasteiger partial charge in [-0.3, -0.25) is 9.69 Å². The number of ether oxygens (including phenoxy) is 1. The summed E-state index contributed by atoms with van der Waals surface area (Å²) in [5.74, 6) is -0.642. The van der Waals surface area contributed by atoms with Crippen LogP contribution in [0.3, 0.4) is 0 Å². The lowest BCUT2D eigenvalue weighted by molar-refractivity contribution is -0.149. The highest BCUT2D eigenvalue weighted by molar-refractivity contribution is 6.12. The molecule has 25 heavy (non-hydrogen) atoms. The van der Waals surface area contributed by atoms with Gasteiger partial charge in [0, 0.05) is 5.56 Å². The molecule has 0 amide bonds. The van der Waals surface area contributed by atoms with Gasteiger partial charge < -0.3 is 4.74 Å². The molecule has 1 atom stereocenters. The van der Waals surface area contributed by atoms with Crippen molar-refractivity contribution in [2.45, 2.75) is 32.4 Å². The zero-order chi connectivity index (χ0) is 17.6. The fourth-order valence-corrected chi connectivity index (χ4v) is 3.11. The zero-order valence-corrected chi connectivity index (χ0v) is 14.5. The first-order valence-corrected chi connectivity index (χ1v) is 8.70. The summed E-state index contributed by atoms with van der Waals surface area (Å²) in [6.45, 7) is 3.66. The van der Waals surface area contributed by atoms with Crippen LogP contribution >= 0.6 is 0 Å². The van der Waals surface area contributed by atoms with Crippen molar-refractivity contribution in [3.8, 4) is 0 Å². The molecule has 0 saturated carbocycles. The van der Waals surface area contributed by atoms with Gasteiger partial charge >= 0.3 is 5.97 Å². The van der Waals surface area contributed by atoms with Gasteiger partial charge in [0.1, 0.15) is 6.61 Å². The Morgan fingerprint density at radius 2 is 1.64 bits per heavy atom. The maximum absolute atomic E-state index is 13.0. The number of carbonyl (C=O) groups excluding carboxylic acids is 2. The fraction of sp³-hybridized carbons (Fsp3) is 0.333. The first-order chi connectivity index (χ1) is 12.1. The summed E-state index contributed by atoms with van der Waals surface area (Å²) in [7, 11) is 0. The minimum Gasteiger partial charge on any atom is -0.459 e. The Labute approximate surface area is 148 Å². The van der Waals surface area contributed by atoms with Crippen molar-refractivity contribution >= 4 is 11.8 Å². The summed E-state index contributed by atoms with van der Waals surface area (Å²) in [4.78, 5) is 27.6. The van der Waals surface area contributed by atoms with Crippen molar-refractivity contribution in [3.05, 3.63) is 71.3 Å². The normalized spacial score (nSPS) is 15.7. The maximum Gasteiger partial charge on any atom is 0.331 e. The van der Waals surface area contributed by atoms with Crippen LogP contribution in [0.2, 0.25) is 0 Å². The fourth-order valence-electron chi connectivity index (χ4n) is 3.11. The number of carbonyl (C=O) groups is 2. The van der Waals surface area contributed by atoms with Crippen molar-refractivity contribution in [1.82, 2.24) is 4.90 Å². The van der Waals surface area contributed by atoms with E-state index >= 15 is 0 Å². The Kier molecular flexibility index (Phi) is 5.61. The average Bonchev–Trinajstić information content (AvgIpc) is 3.16. The molecule has 0 N–H and O–H groups in total. The number of benzene rings is 2. The van der Waals surface area contributed by atoms with Crippen LogP contribution in [0.25, 0.3) is 0 Å². The number of aryl methyl sites for hydroxylation is 1. The summed E-state index contributed by atoms with van der Waals surface area (Å²) in [5, 5.41) is 0. The number of Topliss-reactive ketones (excluding diaryl/α,β-unsaturated/α-hetero) is 1. The van der Waals surface area contributed by atoms with Gasteiger partial charge in [0.15, 0.2) is 11.8 Å². The number of esters is 1. The molecule has 0 aromatic heterocycles. The molecule has 1 fully saturated rings. The number of hydrogen-bond acceptors (Lipinski definition) is 4. The number of nitrogens with zero attached hydrogens (tertiary/aromatic N) is 1. The van der Waals surface area contributed by atoms with Gasteiger partial charge in [-0.15, -0.1) is 0 Å². The Hall–Kier alpha value is -2.46. The smallest absolute Gasteiger partial charge is 0.331 e. The SMILES string of the molecule is Cc1ccc(C(=O)C(C(=O)OCc2ccccc2)N2CCCC2)cc1. The van der Waals surface area contributed by atoms with Crippen molar-refractivity contribution in [2.24, 2.45) is 0 Å². The van der Waals surface area contributed by atoms with E-state index < -0.39 is 12.0 Å². The topological polar surface area (TPSA) is 46.6 Å². The second-order valence-corrected chi connectivity index (χ2v) is 6.47. The van der Waals surface area contributed by atoms with Gasteiger partial charge in [-0.25, -0.2) is 4.79 Å². The Morgan fingerprint density at radius 1 is 1.00 bits per heavy atom. The van der Waals surface area contributed by atoms with Crippen LogP contribution in [0.5, 0.6) is 0 Å². The van der Waals surface area contributed by atoms with E-state index in [9.17, 15) is 9.59 Å². The van der Waals surface area contributed by atoms with Gasteiger partial charge in [-0.2, -0.15) is 0 Å². The number of hydrogen-bond donors (Lipinski definition) is 0. The molecule has 4 heteroatoms. The second-order valence-electron chi connectivity index (χ2n) is 6.47. The third kappa shape index (κ3) is 4.34. The van der Waals surface area contributed by atoms with E-state index in [1.54, 1.807) is 12.1 Å². The molecular weight excluding hydrogens is 314 g/mol. The molecule has 1 aliphatic heterocycles. The Balaban J connectivity index is 1.75. The molecule has 0 aliphatic carbocycles. The predicted molar refractivity (Wildman–Crippen MR) is 96.3 cm³/mol. The van der Waals surface area contributed by atoms with Crippen molar-refractivity contribution < 1.29 is 14.3 Å². The molecular formula is C21H23NO3. The summed E-state index contributed by atoms with van der Waals surface area (Å²) >= 11 is 0. The van der Waals surface area contributed by atoms with Gasteiger partial charge in [-0.1, -0.05) is 60.2 Å². The summed E-state index contributed by atoms with van der Waals surface area (Å²) in [6.07, 6.45) is 2.01. The van der Waals surface area contributed by atoms with Crippen LogP contribution in [0.4, 0.5) is 0 Å². The lowest BCUT2D eigenvalue weighted by atomic mass is 10.0. The molecule has 3 rings (SSSR count). The van der Waals surface area contributed by atoms with Crippen molar-refractivity contribution in [2.75, 3.05) is 13.1 Å². The molecule has 2 aromatic carbocycles. The average molecular weight is 337 g/mol. The molecule has 0 bridgehead atoms. The quantitative estimate of drug-likeness (QED) is 0.460. The van der Waals surface area contributed by atoms with Gasteiger partial charge in [0.2, 0.25) is 0 Å². The van der Waals surface area contributed by atoms with Crippen LogP contribution in [-0.2, 0) is 16.1 Å². The molecule has 1 unspecified atom stereocenters. The number of rotatable bonds is 6. The molecule has 130 valence electrons. The second kappa shape index (κ2) is 8.08. The largest absolute Gasteiger partial charge is 0.459 e. The molecule has 2 aromatic rings. The number of likely N-dealkylation sites (tertiary alicyclic amines) is 1. The lowest BCUT2D eigenvalue weighted by Crippen LogP contribution is -2.46. The van der Waals surface area contributed by atoms with Crippen LogP contribution in [-0.4, -0.2) is 35.8 Å². The third-order valence-corrected chi connectivity index (χ3v) is 4.54. The Morgan fingerprint density at radius 3 is 2.28 bits per heavy atom. The third-order valence-electron chi connectivity index (χ3n) is 4.54. The standard InChI is InChI=1S/C21H23NO3/c1-16-9-11-18(12-10-16)20(23)19(22-13-5-6-14-22)21(24)25-15-17-7-3-2-4-8-17/h2-4,7-12,19H,5-6,13-15H2,1H3. The maximum atomic E-state index is 13.0. The first-order valence-electron chi connectivity index (χ1n) is 8.70. The highest BCUT2D eigenvalue weighted by Gasteiger charge is 2.36. The summed E-state index contributed by atoms with van der Waals surface area (Å²) in [5.41, 5.74) is 2.55. The molecule has 1 saturated heterocycles. The first kappa shape index (κ1) is 17.4. The van der Waals surface area contributed by atoms with Gasteiger partial charge in [0.25, 0.3) is 0 Å². The van der Waals surface area contributed by atoms with Crippen LogP contribution in [0.15, 0.2) is 54.6 Å². The van der Waals surface area contributed by atoms with Gasteiger partial charge in [-0.05, 0) is 38.4 Å². The van der Waals surface area contributed by atoms with Crippen molar-refractivity contribution in [1.29, 1.82) is 0 Å². The van der Waals surface area contributed by atoms with Crippen LogP contribution in [0.1, 0.15) is 34.3 Å². The minimum absolute atomic E-state index is 0.181. The van der Waals surface area contributed by atoms with E-state index in [1.165, 1.54) is 0 Å². The lowest BCUT2D eigenvalue weighted by Gasteiger charge is -2.24. The number of ketones is 1. The van der Waals surface area contributed by atoms with Crippen LogP contribution in [0, 0.1) is 6.92 Å². The molecule has 1 heterocycles. The van der Waals surface area contributed by atoms with E-state index in [0.29, 0.717) is 5.56 Å². The molecule has 0 radical (unpaired) electrons. The highest BCUT2D eigenvalue weighted by atomic mass is 16.5. The molecule has 0 spiro atoms. The van der Waals surface area contributed by atoms with Gasteiger partial charge in [0.05, 0.1) is 0 Å². The van der Waals surface area contributed by atoms with E-state index in [4.69, 9.17) is 4.74 Å². The highest BCUT2D eigenvalue weighted by Crippen LogP contribution is 2.18. The van der Waals surface area contributed by atoms with E-state index in [1.807, 2.05) is 54.3 Å². The minimum atomic E-state index is -0.853. The Bertz CT molecular complexity index is 719. The van der Waals surface area contributed by atoms with Crippen LogP contribution < -0.4 is 0 Å². The van der Waals surface area contributed by atoms with E-state index in [-0.39, 0.29) is 12.4 Å². The zero-order valence-electron chi connectivity index (χ0n) is 14.5. The summed E-state index contributed by atoms with van der Waals surface area (Å²) < 4.78 is 5.47. The van der Waals surface area contributed by atoms with E-state index in [2.05, 4.69) is 0 Å². The monoisotopic (exact) mass is 337 g/mol. The molecule has 1 aliphatic rings. The van der Waals surface area contributed by atoms with Crippen molar-refractivity contribution in [3.63, 3.8) is 0 Å². The summed E-state index contributed by atoms with van der Waals surface area (Å²) in [6, 6.07) is 16.0. The molecule has 4 nitrogen and oxygen atoms in total. The van der Waals surface area contributed by atoms with E-state index in [0.717, 1.165) is 37.1 Å². The predicted octanol–water partition coefficient (Wildman–Crippen LogP) is 3.39.